The van der Waals surface area contributed by atoms with Gasteiger partial charge in [-0.25, -0.2) is 0 Å². The monoisotopic (exact) mass is 475 g/mol. The van der Waals surface area contributed by atoms with Crippen LogP contribution in [-0.4, -0.2) is 32.3 Å². The van der Waals surface area contributed by atoms with Crippen molar-refractivity contribution in [3.63, 3.8) is 0 Å². The van der Waals surface area contributed by atoms with E-state index in [1.54, 1.807) is 0 Å². The number of hydrogen-bond acceptors (Lipinski definition) is 3. The molecular formula is C21H36IN2O2-. The number of rotatable bonds is 8. The molecule has 0 spiro atoms. The van der Waals surface area contributed by atoms with Crippen LogP contribution in [0.25, 0.3) is 0 Å². The summed E-state index contributed by atoms with van der Waals surface area (Å²) in [5, 5.41) is 11.4. The first-order chi connectivity index (χ1) is 12.3. The van der Waals surface area contributed by atoms with Crippen LogP contribution in [0.2, 0.25) is 0 Å². The van der Waals surface area contributed by atoms with E-state index in [9.17, 15) is 4.79 Å². The molecule has 0 radical (unpaired) electrons. The Balaban J connectivity index is 1.48. The summed E-state index contributed by atoms with van der Waals surface area (Å²) in [6, 6.07) is 0. The molecule has 0 aromatic carbocycles. The molecular weight excluding hydrogens is 439 g/mol. The first kappa shape index (κ1) is 20.4. The van der Waals surface area contributed by atoms with Crippen molar-refractivity contribution < 1.29 is 30.7 Å². The molecule has 4 nitrogen and oxygen atoms in total. The average Bonchev–Trinajstić information content (AvgIpc) is 2.59. The standard InChI is InChI=1S/C21H36IN2O2/c1-5-7-20(2,22-4)19(25)24-8-6-18(23)26-21(3)16-10-14-9-15(12-16)13-17(21)11-14/h14-17,23H,5-13H2,1-4H3,(H,24,25)/q-1. The third-order valence-corrected chi connectivity index (χ3v) is 10.8. The maximum atomic E-state index is 12.5. The number of carbonyl (C=O) groups excluding carboxylic acids is 1. The molecule has 1 amide bonds. The second kappa shape index (κ2) is 7.96. The molecule has 4 bridgehead atoms. The molecule has 2 N–H and O–H groups in total. The van der Waals surface area contributed by atoms with Crippen LogP contribution in [0.15, 0.2) is 0 Å². The summed E-state index contributed by atoms with van der Waals surface area (Å²) in [4.78, 5) is 14.7. The first-order valence-electron chi connectivity index (χ1n) is 10.4. The van der Waals surface area contributed by atoms with Crippen molar-refractivity contribution in [3.05, 3.63) is 0 Å². The summed E-state index contributed by atoms with van der Waals surface area (Å²) in [6.07, 6.45) is 9.12. The number of ether oxygens (including phenoxy) is 1. The third-order valence-electron chi connectivity index (χ3n) is 7.35. The summed E-state index contributed by atoms with van der Waals surface area (Å²) in [7, 11) is 0. The van der Waals surface area contributed by atoms with Gasteiger partial charge in [0, 0.05) is 0 Å². The molecule has 0 aromatic rings. The zero-order valence-corrected chi connectivity index (χ0v) is 19.0. The van der Waals surface area contributed by atoms with Gasteiger partial charge in [-0.2, -0.15) is 0 Å². The fourth-order valence-corrected chi connectivity index (χ4v) is 7.60. The van der Waals surface area contributed by atoms with Crippen molar-refractivity contribution in [2.75, 3.05) is 11.5 Å². The zero-order chi connectivity index (χ0) is 18.9. The second-order valence-corrected chi connectivity index (χ2v) is 12.6. The number of hydrogen-bond donors (Lipinski definition) is 2. The molecule has 150 valence electrons. The van der Waals surface area contributed by atoms with Gasteiger partial charge in [-0.05, 0) is 0 Å². The Labute approximate surface area is 169 Å². The molecule has 0 aliphatic heterocycles. The van der Waals surface area contributed by atoms with Gasteiger partial charge in [-0.3, -0.25) is 0 Å². The second-order valence-electron chi connectivity index (χ2n) is 9.16. The number of amides is 1. The van der Waals surface area contributed by atoms with Crippen molar-refractivity contribution in [1.82, 2.24) is 5.32 Å². The minimum atomic E-state index is -0.177. The quantitative estimate of drug-likeness (QED) is 0.238. The summed E-state index contributed by atoms with van der Waals surface area (Å²) >= 11 is -0.150. The molecule has 5 heteroatoms. The number of alkyl halides is 2. The summed E-state index contributed by atoms with van der Waals surface area (Å²) in [6.45, 7) is 7.01. The average molecular weight is 475 g/mol. The zero-order valence-electron chi connectivity index (χ0n) is 16.9. The van der Waals surface area contributed by atoms with Crippen LogP contribution in [0.4, 0.5) is 0 Å². The minimum absolute atomic E-state index is 0.139. The van der Waals surface area contributed by atoms with E-state index < -0.39 is 0 Å². The molecule has 0 saturated heterocycles. The SMILES string of the molecule is CCCC(C)([I-]C)C(=O)NCCC(=N)OC1(C)C2CC3CC(C2)CC1C3. The van der Waals surface area contributed by atoms with E-state index in [0.29, 0.717) is 30.7 Å². The van der Waals surface area contributed by atoms with Gasteiger partial charge in [0.05, 0.1) is 0 Å². The van der Waals surface area contributed by atoms with Crippen molar-refractivity contribution in [2.24, 2.45) is 23.7 Å². The fourth-order valence-electron chi connectivity index (χ4n) is 5.84. The summed E-state index contributed by atoms with van der Waals surface area (Å²) in [5.74, 6) is 3.62. The molecule has 1 atom stereocenters. The van der Waals surface area contributed by atoms with Crippen molar-refractivity contribution in [1.29, 1.82) is 5.41 Å². The van der Waals surface area contributed by atoms with Gasteiger partial charge in [-0.15, -0.1) is 0 Å². The first-order valence-corrected chi connectivity index (χ1v) is 13.6. The predicted octanol–water partition coefficient (Wildman–Crippen LogP) is 0.979. The molecule has 4 fully saturated rings. The van der Waals surface area contributed by atoms with Gasteiger partial charge in [0.15, 0.2) is 0 Å². The van der Waals surface area contributed by atoms with Crippen molar-refractivity contribution in [2.45, 2.75) is 81.2 Å². The van der Waals surface area contributed by atoms with Crippen LogP contribution in [0, 0.1) is 29.1 Å². The van der Waals surface area contributed by atoms with Gasteiger partial charge in [0.1, 0.15) is 0 Å². The van der Waals surface area contributed by atoms with E-state index in [-0.39, 0.29) is 36.1 Å². The topological polar surface area (TPSA) is 62.2 Å². The van der Waals surface area contributed by atoms with Crippen molar-refractivity contribution in [3.8, 4) is 0 Å². The van der Waals surface area contributed by atoms with Crippen LogP contribution in [0.3, 0.4) is 0 Å². The Bertz CT molecular complexity index is 522. The molecule has 1 unspecified atom stereocenters. The van der Waals surface area contributed by atoms with Gasteiger partial charge >= 0.3 is 170 Å². The van der Waals surface area contributed by atoms with Crippen LogP contribution >= 0.6 is 0 Å². The summed E-state index contributed by atoms with van der Waals surface area (Å²) in [5.41, 5.74) is -0.139. The summed E-state index contributed by atoms with van der Waals surface area (Å²) < 4.78 is 6.12. The molecule has 4 aliphatic rings. The number of carbonyl (C=O) groups is 1. The Morgan fingerprint density at radius 2 is 1.81 bits per heavy atom. The molecule has 0 aromatic heterocycles. The van der Waals surface area contributed by atoms with E-state index in [2.05, 4.69) is 31.0 Å². The molecule has 26 heavy (non-hydrogen) atoms. The molecule has 0 heterocycles. The van der Waals surface area contributed by atoms with E-state index >= 15 is 0 Å². The van der Waals surface area contributed by atoms with Gasteiger partial charge in [-0.1, -0.05) is 0 Å². The third kappa shape index (κ3) is 3.93. The van der Waals surface area contributed by atoms with E-state index in [0.717, 1.165) is 24.7 Å². The Hall–Kier alpha value is -0.330. The Kier molecular flexibility index (Phi) is 6.25. The maximum absolute atomic E-state index is 12.5. The van der Waals surface area contributed by atoms with Crippen LogP contribution in [0.5, 0.6) is 0 Å². The fraction of sp³-hybridized carbons (Fsp3) is 0.905. The van der Waals surface area contributed by atoms with Crippen LogP contribution in [0.1, 0.15) is 72.1 Å². The van der Waals surface area contributed by atoms with Crippen molar-refractivity contribution >= 4 is 11.8 Å². The van der Waals surface area contributed by atoms with E-state index in [1.807, 2.05) is 0 Å². The van der Waals surface area contributed by atoms with Gasteiger partial charge < -0.3 is 0 Å². The molecule has 4 rings (SSSR count). The van der Waals surface area contributed by atoms with Crippen LogP contribution < -0.4 is 26.5 Å². The normalized spacial score (nSPS) is 37.4. The number of nitrogens with one attached hydrogen (secondary N) is 2. The Morgan fingerprint density at radius 3 is 2.31 bits per heavy atom. The Morgan fingerprint density at radius 1 is 1.23 bits per heavy atom. The van der Waals surface area contributed by atoms with Gasteiger partial charge in [0.25, 0.3) is 0 Å². The molecule has 4 aliphatic carbocycles. The predicted molar refractivity (Wildman–Crippen MR) is 101 cm³/mol. The molecule has 4 saturated carbocycles. The van der Waals surface area contributed by atoms with Gasteiger partial charge in [0.2, 0.25) is 0 Å². The van der Waals surface area contributed by atoms with E-state index in [1.165, 1.54) is 32.1 Å². The van der Waals surface area contributed by atoms with Crippen LogP contribution in [-0.2, 0) is 9.53 Å². The van der Waals surface area contributed by atoms with E-state index in [4.69, 9.17) is 10.1 Å². The number of halogens is 1.